The quantitative estimate of drug-likeness (QED) is 0.587. The molecule has 2 bridgehead atoms. The summed E-state index contributed by atoms with van der Waals surface area (Å²) in [5, 5.41) is -5.05. The van der Waals surface area contributed by atoms with E-state index in [1.54, 1.807) is 0 Å². The van der Waals surface area contributed by atoms with Crippen molar-refractivity contribution in [3.8, 4) is 0 Å². The summed E-state index contributed by atoms with van der Waals surface area (Å²) in [5.74, 6) is -4.05. The summed E-state index contributed by atoms with van der Waals surface area (Å²) in [6.45, 7) is 6.42. The molecule has 1 saturated heterocycles. The molecule has 0 aromatic heterocycles. The van der Waals surface area contributed by atoms with Crippen LogP contribution in [-0.4, -0.2) is 49.3 Å². The van der Waals surface area contributed by atoms with Crippen molar-refractivity contribution in [1.29, 1.82) is 0 Å². The number of ether oxygens (including phenoxy) is 3. The highest BCUT2D eigenvalue weighted by Crippen LogP contribution is 2.72. The van der Waals surface area contributed by atoms with Crippen LogP contribution in [0.3, 0.4) is 0 Å². The lowest BCUT2D eigenvalue weighted by Gasteiger charge is -2.51. The maximum atomic E-state index is 13.7. The fourth-order valence-electron chi connectivity index (χ4n) is 4.75. The van der Waals surface area contributed by atoms with Gasteiger partial charge >= 0.3 is 21.3 Å². The predicted octanol–water partition coefficient (Wildman–Crippen LogP) is 1.97. The minimum absolute atomic E-state index is 0.321. The first-order valence-electron chi connectivity index (χ1n) is 8.15. The molecule has 3 aliphatic rings. The maximum absolute atomic E-state index is 13.7. The van der Waals surface area contributed by atoms with Crippen LogP contribution < -0.4 is 0 Å². The summed E-state index contributed by atoms with van der Waals surface area (Å²) in [6.07, 6.45) is 0.743. The highest BCUT2D eigenvalue weighted by Gasteiger charge is 2.78. The van der Waals surface area contributed by atoms with E-state index in [4.69, 9.17) is 18.8 Å². The summed E-state index contributed by atoms with van der Waals surface area (Å²) in [7, 11) is -5.93. The van der Waals surface area contributed by atoms with Gasteiger partial charge in [0.15, 0.2) is 6.10 Å². The van der Waals surface area contributed by atoms with Crippen LogP contribution >= 0.6 is 0 Å². The Balaban J connectivity index is 1.99. The number of esters is 1. The molecule has 1 spiro atoms. The van der Waals surface area contributed by atoms with Gasteiger partial charge in [0.25, 0.3) is 0 Å². The Kier molecular flexibility index (Phi) is 4.04. The van der Waals surface area contributed by atoms with Gasteiger partial charge in [-0.15, -0.1) is 0 Å². The molecule has 3 atom stereocenters. The smallest absolute Gasteiger partial charge is 0.451 e. The fraction of sp³-hybridized carbons (Fsp3) is 0.933. The van der Waals surface area contributed by atoms with Crippen LogP contribution in [-0.2, 0) is 29.1 Å². The lowest BCUT2D eigenvalue weighted by Crippen LogP contribution is -2.61. The molecule has 1 N–H and O–H groups in total. The van der Waals surface area contributed by atoms with E-state index in [0.717, 1.165) is 0 Å². The molecule has 3 fully saturated rings. The molecule has 3 unspecified atom stereocenters. The van der Waals surface area contributed by atoms with Crippen LogP contribution in [0.25, 0.3) is 0 Å². The molecule has 0 amide bonds. The number of hydrogen-bond donors (Lipinski definition) is 1. The normalized spacial score (nSPS) is 36.6. The Hall–Kier alpha value is -0.840. The second-order valence-electron chi connectivity index (χ2n) is 7.73. The molecule has 144 valence electrons. The molecule has 10 heteroatoms. The van der Waals surface area contributed by atoms with Crippen molar-refractivity contribution in [2.24, 2.45) is 16.7 Å². The van der Waals surface area contributed by atoms with Crippen molar-refractivity contribution in [2.75, 3.05) is 13.2 Å². The van der Waals surface area contributed by atoms with Crippen LogP contribution in [0.1, 0.15) is 40.0 Å². The average Bonchev–Trinajstić information content (AvgIpc) is 2.80. The lowest BCUT2D eigenvalue weighted by atomic mass is 9.68. The first-order chi connectivity index (χ1) is 11.3. The van der Waals surface area contributed by atoms with Crippen LogP contribution in [0.4, 0.5) is 8.78 Å². The highest BCUT2D eigenvalue weighted by molar-refractivity contribution is 7.87. The van der Waals surface area contributed by atoms with Crippen LogP contribution in [0.2, 0.25) is 0 Å². The zero-order valence-corrected chi connectivity index (χ0v) is 15.1. The van der Waals surface area contributed by atoms with Crippen LogP contribution in [0, 0.1) is 16.7 Å². The Bertz CT molecular complexity index is 684. The molecule has 3 rings (SSSR count). The van der Waals surface area contributed by atoms with Gasteiger partial charge in [0.05, 0.1) is 13.2 Å². The number of fused-ring (bicyclic) bond motifs is 3. The van der Waals surface area contributed by atoms with Gasteiger partial charge in [-0.25, -0.2) is 4.79 Å². The molecule has 7 nitrogen and oxygen atoms in total. The fourth-order valence-corrected chi connectivity index (χ4v) is 5.01. The Morgan fingerprint density at radius 2 is 1.80 bits per heavy atom. The van der Waals surface area contributed by atoms with E-state index in [2.05, 4.69) is 0 Å². The summed E-state index contributed by atoms with van der Waals surface area (Å²) < 4.78 is 74.3. The number of halogens is 2. The Labute approximate surface area is 144 Å². The van der Waals surface area contributed by atoms with Crippen LogP contribution in [0.5, 0.6) is 0 Å². The van der Waals surface area contributed by atoms with Gasteiger partial charge in [-0.2, -0.15) is 17.2 Å². The SMILES string of the molecule is CC1(C)C2CCC1(C)C1(OCCCO1)C2OC(=O)C(F)(F)S(=O)(=O)O. The highest BCUT2D eigenvalue weighted by atomic mass is 32.2. The second kappa shape index (κ2) is 5.34. The Morgan fingerprint density at radius 3 is 2.32 bits per heavy atom. The monoisotopic (exact) mass is 384 g/mol. The standard InChI is InChI=1S/C15H22F2O7S/c1-12(2)9-5-6-13(12,3)14(22-7-4-8-23-14)10(9)24-11(18)15(16,17)25(19,20)21/h9-10H,4-8H2,1-3H3,(H,19,20,21). The van der Waals surface area contributed by atoms with Gasteiger partial charge in [0.1, 0.15) is 0 Å². The summed E-state index contributed by atoms with van der Waals surface area (Å²) in [4.78, 5) is 11.9. The minimum atomic E-state index is -5.93. The molecular weight excluding hydrogens is 362 g/mol. The van der Waals surface area contributed by atoms with E-state index < -0.39 is 44.1 Å². The van der Waals surface area contributed by atoms with E-state index in [1.165, 1.54) is 0 Å². The summed E-state index contributed by atoms with van der Waals surface area (Å²) in [5.41, 5.74) is -1.04. The van der Waals surface area contributed by atoms with Gasteiger partial charge in [-0.05, 0) is 24.7 Å². The second-order valence-corrected chi connectivity index (χ2v) is 9.20. The number of rotatable bonds is 3. The summed E-state index contributed by atoms with van der Waals surface area (Å²) >= 11 is 0. The molecular formula is C15H22F2O7S. The zero-order valence-electron chi connectivity index (χ0n) is 14.3. The first kappa shape index (κ1) is 18.9. The molecule has 2 aliphatic carbocycles. The largest absolute Gasteiger partial charge is 0.465 e. The van der Waals surface area contributed by atoms with E-state index in [1.807, 2.05) is 20.8 Å². The third-order valence-corrected chi connectivity index (χ3v) is 7.35. The molecule has 25 heavy (non-hydrogen) atoms. The predicted molar refractivity (Wildman–Crippen MR) is 80.2 cm³/mol. The van der Waals surface area contributed by atoms with Crippen LogP contribution in [0.15, 0.2) is 0 Å². The number of carbonyl (C=O) groups excluding carboxylic acids is 1. The van der Waals surface area contributed by atoms with Gasteiger partial charge < -0.3 is 14.2 Å². The molecule has 0 aromatic carbocycles. The molecule has 2 saturated carbocycles. The first-order valence-corrected chi connectivity index (χ1v) is 9.59. The number of carbonyl (C=O) groups is 1. The minimum Gasteiger partial charge on any atom is -0.451 e. The van der Waals surface area contributed by atoms with Crippen molar-refractivity contribution < 1.29 is 40.8 Å². The molecule has 0 radical (unpaired) electrons. The van der Waals surface area contributed by atoms with E-state index in [0.29, 0.717) is 32.5 Å². The van der Waals surface area contributed by atoms with Gasteiger partial charge in [-0.1, -0.05) is 20.8 Å². The molecule has 0 aromatic rings. The molecule has 1 heterocycles. The maximum Gasteiger partial charge on any atom is 0.465 e. The van der Waals surface area contributed by atoms with Crippen molar-refractivity contribution in [3.63, 3.8) is 0 Å². The van der Waals surface area contributed by atoms with Gasteiger partial charge in [0, 0.05) is 11.3 Å². The third kappa shape index (κ3) is 2.23. The van der Waals surface area contributed by atoms with Crippen molar-refractivity contribution in [3.05, 3.63) is 0 Å². The van der Waals surface area contributed by atoms with Gasteiger partial charge in [-0.3, -0.25) is 4.55 Å². The lowest BCUT2D eigenvalue weighted by molar-refractivity contribution is -0.354. The average molecular weight is 384 g/mol. The van der Waals surface area contributed by atoms with Gasteiger partial charge in [0.2, 0.25) is 5.79 Å². The Morgan fingerprint density at radius 1 is 1.24 bits per heavy atom. The topological polar surface area (TPSA) is 99.1 Å². The third-order valence-electron chi connectivity index (χ3n) is 6.53. The zero-order chi connectivity index (χ0) is 18.9. The van der Waals surface area contributed by atoms with Crippen molar-refractivity contribution >= 4 is 16.1 Å². The van der Waals surface area contributed by atoms with E-state index in [9.17, 15) is 22.0 Å². The van der Waals surface area contributed by atoms with Crippen molar-refractivity contribution in [2.45, 2.75) is 57.2 Å². The molecule has 1 aliphatic heterocycles. The summed E-state index contributed by atoms with van der Waals surface area (Å²) in [6, 6.07) is 0. The van der Waals surface area contributed by atoms with E-state index >= 15 is 0 Å². The van der Waals surface area contributed by atoms with Crippen molar-refractivity contribution in [1.82, 2.24) is 0 Å². The number of alkyl halides is 2. The van der Waals surface area contributed by atoms with E-state index in [-0.39, 0.29) is 5.92 Å². The number of hydrogen-bond acceptors (Lipinski definition) is 6.